The van der Waals surface area contributed by atoms with Crippen molar-refractivity contribution in [2.75, 3.05) is 31.1 Å². The molecule has 4 heteroatoms. The zero-order valence-electron chi connectivity index (χ0n) is 8.48. The third-order valence-electron chi connectivity index (χ3n) is 2.54. The average molecular weight is 192 g/mol. The molecule has 0 saturated carbocycles. The average Bonchev–Trinajstić information content (AvgIpc) is 2.19. The minimum Gasteiger partial charge on any atom is -0.354 e. The predicted molar refractivity (Wildman–Crippen MR) is 56.9 cm³/mol. The summed E-state index contributed by atoms with van der Waals surface area (Å²) < 4.78 is 0. The molecule has 14 heavy (non-hydrogen) atoms. The first-order valence-electron chi connectivity index (χ1n) is 4.93. The fraction of sp³-hybridized carbons (Fsp3) is 0.500. The standard InChI is InChI=1S/C10H16N4/c1-9-2-3-12-10(8-9)13-4-6-14(11)7-5-13/h2-3,8H,4-7,11H2,1H3. The molecule has 4 nitrogen and oxygen atoms in total. The normalized spacial score (nSPS) is 18.6. The number of hydrogen-bond acceptors (Lipinski definition) is 4. The molecule has 1 aliphatic heterocycles. The van der Waals surface area contributed by atoms with Crippen molar-refractivity contribution in [1.82, 2.24) is 9.99 Å². The first kappa shape index (κ1) is 9.43. The molecule has 0 amide bonds. The molecule has 1 aromatic heterocycles. The van der Waals surface area contributed by atoms with E-state index in [1.54, 1.807) is 0 Å². The van der Waals surface area contributed by atoms with Crippen LogP contribution >= 0.6 is 0 Å². The van der Waals surface area contributed by atoms with Crippen molar-refractivity contribution >= 4 is 5.82 Å². The Morgan fingerprint density at radius 1 is 1.29 bits per heavy atom. The summed E-state index contributed by atoms with van der Waals surface area (Å²) >= 11 is 0. The topological polar surface area (TPSA) is 45.4 Å². The Labute approximate surface area is 84.3 Å². The molecule has 1 fully saturated rings. The molecular weight excluding hydrogens is 176 g/mol. The lowest BCUT2D eigenvalue weighted by atomic mass is 10.2. The second kappa shape index (κ2) is 3.94. The van der Waals surface area contributed by atoms with Gasteiger partial charge in [0.1, 0.15) is 5.82 Å². The summed E-state index contributed by atoms with van der Waals surface area (Å²) in [6.45, 7) is 5.84. The highest BCUT2D eigenvalue weighted by Crippen LogP contribution is 2.13. The number of nitrogens with two attached hydrogens (primary N) is 1. The number of rotatable bonds is 1. The summed E-state index contributed by atoms with van der Waals surface area (Å²) in [7, 11) is 0. The summed E-state index contributed by atoms with van der Waals surface area (Å²) in [4.78, 5) is 6.63. The number of aryl methyl sites for hydroxylation is 1. The van der Waals surface area contributed by atoms with Gasteiger partial charge in [0.05, 0.1) is 0 Å². The van der Waals surface area contributed by atoms with Crippen molar-refractivity contribution in [1.29, 1.82) is 0 Å². The van der Waals surface area contributed by atoms with E-state index < -0.39 is 0 Å². The summed E-state index contributed by atoms with van der Waals surface area (Å²) in [5.74, 6) is 6.76. The summed E-state index contributed by atoms with van der Waals surface area (Å²) in [6.07, 6.45) is 1.86. The fourth-order valence-electron chi connectivity index (χ4n) is 1.64. The molecule has 0 aromatic carbocycles. The molecule has 0 spiro atoms. The van der Waals surface area contributed by atoms with Gasteiger partial charge in [0.2, 0.25) is 0 Å². The van der Waals surface area contributed by atoms with Gasteiger partial charge in [-0.1, -0.05) is 0 Å². The Hall–Kier alpha value is -1.13. The molecule has 2 N–H and O–H groups in total. The second-order valence-electron chi connectivity index (χ2n) is 3.71. The molecule has 1 aromatic rings. The molecule has 2 heterocycles. The Morgan fingerprint density at radius 2 is 2.00 bits per heavy atom. The molecule has 1 aliphatic rings. The maximum atomic E-state index is 5.69. The maximum Gasteiger partial charge on any atom is 0.128 e. The minimum atomic E-state index is 0.912. The number of aromatic nitrogens is 1. The molecule has 0 radical (unpaired) electrons. The Morgan fingerprint density at radius 3 is 2.64 bits per heavy atom. The predicted octanol–water partition coefficient (Wildman–Crippen LogP) is 0.386. The van der Waals surface area contributed by atoms with Crippen LogP contribution < -0.4 is 10.7 Å². The second-order valence-corrected chi connectivity index (χ2v) is 3.71. The van der Waals surface area contributed by atoms with E-state index in [0.29, 0.717) is 0 Å². The van der Waals surface area contributed by atoms with Crippen molar-refractivity contribution < 1.29 is 0 Å². The van der Waals surface area contributed by atoms with Gasteiger partial charge in [0.25, 0.3) is 0 Å². The van der Waals surface area contributed by atoms with Crippen LogP contribution in [0, 0.1) is 6.92 Å². The number of hydrogen-bond donors (Lipinski definition) is 1. The first-order chi connectivity index (χ1) is 6.75. The summed E-state index contributed by atoms with van der Waals surface area (Å²) in [5.41, 5.74) is 1.25. The summed E-state index contributed by atoms with van der Waals surface area (Å²) in [5, 5.41) is 1.85. The number of piperazine rings is 1. The smallest absolute Gasteiger partial charge is 0.128 e. The van der Waals surface area contributed by atoms with Gasteiger partial charge in [0, 0.05) is 32.4 Å². The van der Waals surface area contributed by atoms with Gasteiger partial charge < -0.3 is 4.90 Å². The van der Waals surface area contributed by atoms with E-state index in [1.807, 2.05) is 17.3 Å². The van der Waals surface area contributed by atoms with Crippen molar-refractivity contribution in [3.63, 3.8) is 0 Å². The lowest BCUT2D eigenvalue weighted by Gasteiger charge is -2.32. The zero-order chi connectivity index (χ0) is 9.97. The third kappa shape index (κ3) is 2.02. The van der Waals surface area contributed by atoms with Crippen LogP contribution in [0.5, 0.6) is 0 Å². The Kier molecular flexibility index (Phi) is 2.65. The number of hydrazine groups is 1. The van der Waals surface area contributed by atoms with E-state index in [9.17, 15) is 0 Å². The van der Waals surface area contributed by atoms with Crippen LogP contribution in [0.25, 0.3) is 0 Å². The Bertz CT molecular complexity index is 305. The van der Waals surface area contributed by atoms with Gasteiger partial charge in [-0.2, -0.15) is 0 Å². The quantitative estimate of drug-likeness (QED) is 0.654. The first-order valence-corrected chi connectivity index (χ1v) is 4.93. The molecule has 0 atom stereocenters. The van der Waals surface area contributed by atoms with Gasteiger partial charge in [-0.15, -0.1) is 0 Å². The molecular formula is C10H16N4. The van der Waals surface area contributed by atoms with Crippen molar-refractivity contribution in [3.05, 3.63) is 23.9 Å². The lowest BCUT2D eigenvalue weighted by Crippen LogP contribution is -2.49. The highest BCUT2D eigenvalue weighted by atomic mass is 15.4. The molecule has 1 saturated heterocycles. The van der Waals surface area contributed by atoms with E-state index in [-0.39, 0.29) is 0 Å². The van der Waals surface area contributed by atoms with Gasteiger partial charge in [-0.05, 0) is 24.6 Å². The Balaban J connectivity index is 2.08. The highest BCUT2D eigenvalue weighted by Gasteiger charge is 2.15. The van der Waals surface area contributed by atoms with Crippen molar-refractivity contribution in [2.45, 2.75) is 6.92 Å². The lowest BCUT2D eigenvalue weighted by molar-refractivity contribution is 0.265. The molecule has 2 rings (SSSR count). The minimum absolute atomic E-state index is 0.912. The van der Waals surface area contributed by atoms with Crippen LogP contribution in [-0.4, -0.2) is 36.2 Å². The highest BCUT2D eigenvalue weighted by molar-refractivity contribution is 5.41. The van der Waals surface area contributed by atoms with Gasteiger partial charge in [0.15, 0.2) is 0 Å². The van der Waals surface area contributed by atoms with E-state index in [4.69, 9.17) is 5.84 Å². The maximum absolute atomic E-state index is 5.69. The molecule has 0 bridgehead atoms. The van der Waals surface area contributed by atoms with E-state index in [1.165, 1.54) is 5.56 Å². The van der Waals surface area contributed by atoms with Crippen molar-refractivity contribution in [3.8, 4) is 0 Å². The largest absolute Gasteiger partial charge is 0.354 e. The van der Waals surface area contributed by atoms with E-state index in [0.717, 1.165) is 32.0 Å². The van der Waals surface area contributed by atoms with E-state index >= 15 is 0 Å². The number of anilines is 1. The fourth-order valence-corrected chi connectivity index (χ4v) is 1.64. The third-order valence-corrected chi connectivity index (χ3v) is 2.54. The SMILES string of the molecule is Cc1ccnc(N2CCN(N)CC2)c1. The van der Waals surface area contributed by atoms with Crippen LogP contribution in [0.1, 0.15) is 5.56 Å². The van der Waals surface area contributed by atoms with Crippen molar-refractivity contribution in [2.24, 2.45) is 5.84 Å². The monoisotopic (exact) mass is 192 g/mol. The van der Waals surface area contributed by atoms with Crippen LogP contribution in [0.3, 0.4) is 0 Å². The molecule has 0 aliphatic carbocycles. The van der Waals surface area contributed by atoms with Crippen LogP contribution in [-0.2, 0) is 0 Å². The van der Waals surface area contributed by atoms with Crippen LogP contribution in [0.15, 0.2) is 18.3 Å². The van der Waals surface area contributed by atoms with Gasteiger partial charge >= 0.3 is 0 Å². The zero-order valence-corrected chi connectivity index (χ0v) is 8.48. The van der Waals surface area contributed by atoms with Crippen LogP contribution in [0.2, 0.25) is 0 Å². The molecule has 76 valence electrons. The molecule has 0 unspecified atom stereocenters. The van der Waals surface area contributed by atoms with Gasteiger partial charge in [-0.3, -0.25) is 5.84 Å². The van der Waals surface area contributed by atoms with Crippen LogP contribution in [0.4, 0.5) is 5.82 Å². The van der Waals surface area contributed by atoms with Gasteiger partial charge in [-0.25, -0.2) is 9.99 Å². The number of nitrogens with zero attached hydrogens (tertiary/aromatic N) is 3. The van der Waals surface area contributed by atoms with E-state index in [2.05, 4.69) is 22.9 Å². The number of pyridine rings is 1. The summed E-state index contributed by atoms with van der Waals surface area (Å²) in [6, 6.07) is 4.13.